The summed E-state index contributed by atoms with van der Waals surface area (Å²) in [4.78, 5) is 17.8. The minimum atomic E-state index is -0.755. The van der Waals surface area contributed by atoms with Gasteiger partial charge in [-0.3, -0.25) is 4.79 Å². The summed E-state index contributed by atoms with van der Waals surface area (Å²) in [5.74, 6) is 0.0549. The van der Waals surface area contributed by atoms with Crippen LogP contribution in [0.25, 0.3) is 11.4 Å². The lowest BCUT2D eigenvalue weighted by atomic mass is 10.0. The van der Waals surface area contributed by atoms with Gasteiger partial charge in [0.15, 0.2) is 5.82 Å². The monoisotopic (exact) mass is 392 g/mol. The van der Waals surface area contributed by atoms with Crippen LogP contribution in [0.1, 0.15) is 30.9 Å². The highest BCUT2D eigenvalue weighted by Crippen LogP contribution is 2.36. The average molecular weight is 392 g/mol. The van der Waals surface area contributed by atoms with Crippen molar-refractivity contribution in [2.75, 3.05) is 5.32 Å². The van der Waals surface area contributed by atoms with E-state index in [0.29, 0.717) is 23.0 Å². The normalized spacial score (nSPS) is 18.2. The molecule has 1 aromatic heterocycles. The fourth-order valence-corrected chi connectivity index (χ4v) is 3.23. The number of tetrazole rings is 1. The molecule has 8 nitrogen and oxygen atoms in total. The molecule has 1 aliphatic carbocycles. The molecule has 1 fully saturated rings. The second-order valence-electron chi connectivity index (χ2n) is 7.09. The number of nitrogens with zero attached hydrogens (tertiary/aromatic N) is 5. The van der Waals surface area contributed by atoms with E-state index in [1.807, 2.05) is 16.8 Å². The number of nitrogens with one attached hydrogen (secondary N) is 1. The van der Waals surface area contributed by atoms with E-state index in [2.05, 4.69) is 26.0 Å². The van der Waals surface area contributed by atoms with Gasteiger partial charge in [0.05, 0.1) is 11.8 Å². The van der Waals surface area contributed by atoms with E-state index in [1.54, 1.807) is 24.3 Å². The van der Waals surface area contributed by atoms with Gasteiger partial charge in [-0.2, -0.15) is 0 Å². The predicted molar refractivity (Wildman–Crippen MR) is 103 cm³/mol. The van der Waals surface area contributed by atoms with Gasteiger partial charge in [0.25, 0.3) is 5.91 Å². The number of oxime groups is 1. The minimum Gasteiger partial charge on any atom is -0.382 e. The average Bonchev–Trinajstić information content (AvgIpc) is 3.25. The van der Waals surface area contributed by atoms with Crippen LogP contribution in [0.3, 0.4) is 0 Å². The van der Waals surface area contributed by atoms with Crippen LogP contribution in [0.4, 0.5) is 10.1 Å². The van der Waals surface area contributed by atoms with Gasteiger partial charge in [0, 0.05) is 23.2 Å². The van der Waals surface area contributed by atoms with E-state index in [4.69, 9.17) is 4.84 Å². The smallest absolute Gasteiger partial charge is 0.268 e. The fourth-order valence-electron chi connectivity index (χ4n) is 3.23. The van der Waals surface area contributed by atoms with Crippen LogP contribution in [-0.2, 0) is 9.63 Å². The summed E-state index contributed by atoms with van der Waals surface area (Å²) in [5.41, 5.74) is 2.67. The standard InChI is InChI=1S/C20H17FN6O2/c21-14-3-1-2-13(10-14)17-11-18(29-24-17)20(28)22-15-6-4-12(5-7-15)19-23-25-26-27(19)16-8-9-16/h1-7,10,16,18H,8-9,11H2,(H,22,28)/t18-/m0/s1. The van der Waals surface area contributed by atoms with E-state index >= 15 is 0 Å². The Labute approximate surface area is 165 Å². The summed E-state index contributed by atoms with van der Waals surface area (Å²) >= 11 is 0. The molecule has 1 amide bonds. The van der Waals surface area contributed by atoms with Crippen molar-refractivity contribution in [2.24, 2.45) is 5.16 Å². The molecular weight excluding hydrogens is 375 g/mol. The summed E-state index contributed by atoms with van der Waals surface area (Å²) in [7, 11) is 0. The topological polar surface area (TPSA) is 94.3 Å². The molecule has 1 saturated carbocycles. The van der Waals surface area contributed by atoms with E-state index in [9.17, 15) is 9.18 Å². The van der Waals surface area contributed by atoms with E-state index in [0.717, 1.165) is 24.2 Å². The maximum Gasteiger partial charge on any atom is 0.268 e. The Bertz CT molecular complexity index is 1090. The number of benzene rings is 2. The van der Waals surface area contributed by atoms with E-state index in [1.165, 1.54) is 12.1 Å². The molecule has 2 aliphatic rings. The van der Waals surface area contributed by atoms with Crippen LogP contribution in [-0.4, -0.2) is 37.9 Å². The first-order valence-corrected chi connectivity index (χ1v) is 9.35. The predicted octanol–water partition coefficient (Wildman–Crippen LogP) is 2.95. The Hall–Kier alpha value is -3.62. The van der Waals surface area contributed by atoms with Gasteiger partial charge in [-0.25, -0.2) is 9.07 Å². The molecule has 2 aromatic carbocycles. The Balaban J connectivity index is 1.23. The van der Waals surface area contributed by atoms with Crippen molar-refractivity contribution in [1.29, 1.82) is 0 Å². The van der Waals surface area contributed by atoms with E-state index < -0.39 is 6.10 Å². The lowest BCUT2D eigenvalue weighted by Gasteiger charge is -2.10. The number of halogens is 1. The molecule has 1 N–H and O–H groups in total. The lowest BCUT2D eigenvalue weighted by molar-refractivity contribution is -0.125. The minimum absolute atomic E-state index is 0.281. The summed E-state index contributed by atoms with van der Waals surface area (Å²) < 4.78 is 15.2. The summed E-state index contributed by atoms with van der Waals surface area (Å²) in [6.07, 6.45) is 1.71. The Morgan fingerprint density at radius 2 is 1.97 bits per heavy atom. The van der Waals surface area contributed by atoms with Crippen molar-refractivity contribution in [3.8, 4) is 11.4 Å². The molecule has 0 saturated heterocycles. The van der Waals surface area contributed by atoms with Gasteiger partial charge in [-0.15, -0.1) is 5.10 Å². The number of carbonyl (C=O) groups is 1. The fraction of sp³-hybridized carbons (Fsp3) is 0.250. The Kier molecular flexibility index (Phi) is 4.27. The molecular formula is C20H17FN6O2. The third-order valence-electron chi connectivity index (χ3n) is 4.92. The number of carbonyl (C=O) groups excluding carboxylic acids is 1. The molecule has 0 bridgehead atoms. The number of amides is 1. The van der Waals surface area contributed by atoms with E-state index in [-0.39, 0.29) is 18.1 Å². The zero-order valence-electron chi connectivity index (χ0n) is 15.3. The number of rotatable bonds is 5. The van der Waals surface area contributed by atoms with Crippen molar-refractivity contribution in [1.82, 2.24) is 20.2 Å². The first kappa shape index (κ1) is 17.5. The summed E-state index contributed by atoms with van der Waals surface area (Å²) in [6, 6.07) is 13.8. The lowest BCUT2D eigenvalue weighted by Crippen LogP contribution is -2.28. The maximum atomic E-state index is 13.4. The highest BCUT2D eigenvalue weighted by molar-refractivity contribution is 6.06. The molecule has 0 radical (unpaired) electrons. The van der Waals surface area contributed by atoms with Gasteiger partial charge in [0.2, 0.25) is 6.10 Å². The van der Waals surface area contributed by atoms with Crippen molar-refractivity contribution >= 4 is 17.3 Å². The first-order chi connectivity index (χ1) is 14.2. The summed E-state index contributed by atoms with van der Waals surface area (Å²) in [6.45, 7) is 0. The van der Waals surface area contributed by atoms with Gasteiger partial charge in [0.1, 0.15) is 5.82 Å². The molecule has 3 aromatic rings. The van der Waals surface area contributed by atoms with Crippen molar-refractivity contribution < 1.29 is 14.0 Å². The third kappa shape index (κ3) is 3.58. The Morgan fingerprint density at radius 3 is 2.72 bits per heavy atom. The molecule has 9 heteroatoms. The molecule has 29 heavy (non-hydrogen) atoms. The zero-order chi connectivity index (χ0) is 19.8. The van der Waals surface area contributed by atoms with Crippen LogP contribution < -0.4 is 5.32 Å². The largest absolute Gasteiger partial charge is 0.382 e. The molecule has 2 heterocycles. The summed E-state index contributed by atoms with van der Waals surface area (Å²) in [5, 5.41) is 18.7. The zero-order valence-corrected chi connectivity index (χ0v) is 15.3. The van der Waals surface area contributed by atoms with Crippen LogP contribution >= 0.6 is 0 Å². The van der Waals surface area contributed by atoms with Gasteiger partial charge in [-0.1, -0.05) is 17.3 Å². The first-order valence-electron chi connectivity index (χ1n) is 9.35. The molecule has 5 rings (SSSR count). The van der Waals surface area contributed by atoms with Gasteiger partial charge < -0.3 is 10.2 Å². The highest BCUT2D eigenvalue weighted by Gasteiger charge is 2.30. The number of anilines is 1. The van der Waals surface area contributed by atoms with Crippen LogP contribution in [0.5, 0.6) is 0 Å². The van der Waals surface area contributed by atoms with Crippen LogP contribution in [0, 0.1) is 5.82 Å². The van der Waals surface area contributed by atoms with Gasteiger partial charge >= 0.3 is 0 Å². The van der Waals surface area contributed by atoms with Crippen molar-refractivity contribution in [2.45, 2.75) is 31.4 Å². The quantitative estimate of drug-likeness (QED) is 0.720. The molecule has 0 unspecified atom stereocenters. The van der Waals surface area contributed by atoms with Crippen molar-refractivity contribution in [3.63, 3.8) is 0 Å². The molecule has 1 atom stereocenters. The molecule has 0 spiro atoms. The van der Waals surface area contributed by atoms with Gasteiger partial charge in [-0.05, 0) is 59.7 Å². The second-order valence-corrected chi connectivity index (χ2v) is 7.09. The second kappa shape index (κ2) is 7.08. The number of aromatic nitrogens is 4. The molecule has 146 valence electrons. The molecule has 1 aliphatic heterocycles. The SMILES string of the molecule is O=C(Nc1ccc(-c2nnnn2C2CC2)cc1)[C@@H]1CC(c2cccc(F)c2)=NO1. The van der Waals surface area contributed by atoms with Crippen molar-refractivity contribution in [3.05, 3.63) is 59.9 Å². The van der Waals surface area contributed by atoms with Crippen LogP contribution in [0.15, 0.2) is 53.7 Å². The maximum absolute atomic E-state index is 13.4. The highest BCUT2D eigenvalue weighted by atomic mass is 19.1. The Morgan fingerprint density at radius 1 is 1.14 bits per heavy atom. The number of hydrogen-bond acceptors (Lipinski definition) is 6. The third-order valence-corrected chi connectivity index (χ3v) is 4.92. The van der Waals surface area contributed by atoms with Crippen LogP contribution in [0.2, 0.25) is 0 Å². The number of hydrogen-bond donors (Lipinski definition) is 1.